The minimum absolute atomic E-state index is 0.0622. The Hall–Kier alpha value is -1.30. The van der Waals surface area contributed by atoms with Crippen LogP contribution in [0.5, 0.6) is 0 Å². The maximum Gasteiger partial charge on any atom is 0.252 e. The zero-order valence-electron chi connectivity index (χ0n) is 12.0. The van der Waals surface area contributed by atoms with E-state index < -0.39 is 11.6 Å². The summed E-state index contributed by atoms with van der Waals surface area (Å²) in [7, 11) is 1.48. The molecule has 1 aliphatic carbocycles. The van der Waals surface area contributed by atoms with Crippen molar-refractivity contribution in [1.82, 2.24) is 5.32 Å². The van der Waals surface area contributed by atoms with E-state index in [0.717, 1.165) is 25.7 Å². The van der Waals surface area contributed by atoms with Crippen LogP contribution < -0.4 is 11.1 Å². The lowest BCUT2D eigenvalue weighted by molar-refractivity contribution is -0.140. The molecule has 110 valence electrons. The lowest BCUT2D eigenvalue weighted by atomic mass is 9.83. The SMILES string of the molecule is COC(C)(C)C(=O)NC(C(N)=NO)C1CCCCC1. The molecule has 1 fully saturated rings. The third-order valence-corrected chi connectivity index (χ3v) is 3.90. The molecule has 0 aromatic rings. The van der Waals surface area contributed by atoms with Gasteiger partial charge in [0.25, 0.3) is 5.91 Å². The molecule has 0 saturated heterocycles. The van der Waals surface area contributed by atoms with Crippen molar-refractivity contribution >= 4 is 11.7 Å². The van der Waals surface area contributed by atoms with Crippen molar-refractivity contribution in [2.24, 2.45) is 16.8 Å². The van der Waals surface area contributed by atoms with Gasteiger partial charge in [0.05, 0.1) is 6.04 Å². The topological polar surface area (TPSA) is 96.9 Å². The number of oxime groups is 1. The Morgan fingerprint density at radius 3 is 2.47 bits per heavy atom. The number of nitrogens with one attached hydrogen (secondary N) is 1. The van der Waals surface area contributed by atoms with Crippen molar-refractivity contribution in [2.45, 2.75) is 57.6 Å². The molecule has 0 aromatic carbocycles. The summed E-state index contributed by atoms with van der Waals surface area (Å²) >= 11 is 0. The highest BCUT2D eigenvalue weighted by Gasteiger charge is 2.34. The summed E-state index contributed by atoms with van der Waals surface area (Å²) in [6, 6.07) is -0.424. The lowest BCUT2D eigenvalue weighted by Gasteiger charge is -2.32. The number of nitrogens with zero attached hydrogens (tertiary/aromatic N) is 1. The van der Waals surface area contributed by atoms with E-state index in [1.807, 2.05) is 0 Å². The van der Waals surface area contributed by atoms with Crippen LogP contribution in [-0.4, -0.2) is 35.7 Å². The van der Waals surface area contributed by atoms with E-state index >= 15 is 0 Å². The molecule has 1 unspecified atom stereocenters. The van der Waals surface area contributed by atoms with E-state index in [4.69, 9.17) is 15.7 Å². The van der Waals surface area contributed by atoms with E-state index in [0.29, 0.717) is 0 Å². The average molecular weight is 271 g/mol. The van der Waals surface area contributed by atoms with Crippen LogP contribution in [0.2, 0.25) is 0 Å². The molecule has 19 heavy (non-hydrogen) atoms. The van der Waals surface area contributed by atoms with Crippen LogP contribution in [0.3, 0.4) is 0 Å². The van der Waals surface area contributed by atoms with Gasteiger partial charge in [0, 0.05) is 7.11 Å². The molecule has 1 aliphatic rings. The smallest absolute Gasteiger partial charge is 0.252 e. The summed E-state index contributed by atoms with van der Waals surface area (Å²) in [4.78, 5) is 12.1. The quantitative estimate of drug-likeness (QED) is 0.303. The molecule has 6 heteroatoms. The monoisotopic (exact) mass is 271 g/mol. The summed E-state index contributed by atoms with van der Waals surface area (Å²) in [5.41, 5.74) is 4.80. The summed E-state index contributed by atoms with van der Waals surface area (Å²) in [6.07, 6.45) is 5.40. The Morgan fingerprint density at radius 1 is 1.42 bits per heavy atom. The van der Waals surface area contributed by atoms with Gasteiger partial charge in [-0.1, -0.05) is 24.4 Å². The van der Waals surface area contributed by atoms with Crippen LogP contribution in [0.1, 0.15) is 46.0 Å². The normalized spacial score (nSPS) is 20.1. The summed E-state index contributed by atoms with van der Waals surface area (Å²) in [5.74, 6) is 0.0329. The molecule has 0 radical (unpaired) electrons. The van der Waals surface area contributed by atoms with Crippen LogP contribution in [0.4, 0.5) is 0 Å². The second-order valence-corrected chi connectivity index (χ2v) is 5.59. The molecule has 6 nitrogen and oxygen atoms in total. The van der Waals surface area contributed by atoms with E-state index in [1.54, 1.807) is 13.8 Å². The number of rotatable bonds is 5. The first-order valence-corrected chi connectivity index (χ1v) is 6.76. The van der Waals surface area contributed by atoms with Crippen molar-refractivity contribution in [3.8, 4) is 0 Å². The molecule has 0 aliphatic heterocycles. The minimum atomic E-state index is -0.928. The average Bonchev–Trinajstić information content (AvgIpc) is 2.44. The van der Waals surface area contributed by atoms with Crippen molar-refractivity contribution in [3.63, 3.8) is 0 Å². The number of carbonyl (C=O) groups excluding carboxylic acids is 1. The Bertz CT molecular complexity index is 336. The number of amidine groups is 1. The van der Waals surface area contributed by atoms with Crippen LogP contribution in [0.15, 0.2) is 5.16 Å². The molecular weight excluding hydrogens is 246 g/mol. The number of carbonyl (C=O) groups is 1. The van der Waals surface area contributed by atoms with Gasteiger partial charge in [-0.25, -0.2) is 0 Å². The maximum atomic E-state index is 12.1. The van der Waals surface area contributed by atoms with Crippen LogP contribution in [-0.2, 0) is 9.53 Å². The van der Waals surface area contributed by atoms with Crippen molar-refractivity contribution < 1.29 is 14.7 Å². The molecule has 1 saturated carbocycles. The van der Waals surface area contributed by atoms with Gasteiger partial charge in [0.15, 0.2) is 5.84 Å². The Balaban J connectivity index is 2.78. The van der Waals surface area contributed by atoms with Gasteiger partial charge >= 0.3 is 0 Å². The largest absolute Gasteiger partial charge is 0.409 e. The van der Waals surface area contributed by atoms with Crippen LogP contribution in [0, 0.1) is 5.92 Å². The fourth-order valence-corrected chi connectivity index (χ4v) is 2.37. The summed E-state index contributed by atoms with van der Waals surface area (Å²) in [5, 5.41) is 14.8. The first kappa shape index (κ1) is 15.8. The molecule has 0 spiro atoms. The highest BCUT2D eigenvalue weighted by Crippen LogP contribution is 2.27. The first-order valence-electron chi connectivity index (χ1n) is 6.76. The third kappa shape index (κ3) is 4.09. The second kappa shape index (κ2) is 6.75. The molecule has 0 aromatic heterocycles. The van der Waals surface area contributed by atoms with E-state index in [9.17, 15) is 4.79 Å². The molecule has 0 bridgehead atoms. The zero-order chi connectivity index (χ0) is 14.5. The second-order valence-electron chi connectivity index (χ2n) is 5.59. The highest BCUT2D eigenvalue weighted by molar-refractivity contribution is 5.92. The zero-order valence-corrected chi connectivity index (χ0v) is 12.0. The molecule has 0 heterocycles. The van der Waals surface area contributed by atoms with Gasteiger partial charge in [-0.3, -0.25) is 4.79 Å². The molecule has 1 atom stereocenters. The Kier molecular flexibility index (Phi) is 5.60. The molecule has 1 rings (SSSR count). The van der Waals surface area contributed by atoms with Crippen LogP contribution >= 0.6 is 0 Å². The minimum Gasteiger partial charge on any atom is -0.409 e. The molecular formula is C13H25N3O3. The number of hydrogen-bond donors (Lipinski definition) is 3. The maximum absolute atomic E-state index is 12.1. The van der Waals surface area contributed by atoms with E-state index in [2.05, 4.69) is 10.5 Å². The molecule has 1 amide bonds. The number of hydrogen-bond acceptors (Lipinski definition) is 4. The predicted octanol–water partition coefficient (Wildman–Crippen LogP) is 1.22. The highest BCUT2D eigenvalue weighted by atomic mass is 16.5. The van der Waals surface area contributed by atoms with Crippen molar-refractivity contribution in [2.75, 3.05) is 7.11 Å². The Morgan fingerprint density at radius 2 is 2.00 bits per heavy atom. The molecule has 4 N–H and O–H groups in total. The number of methoxy groups -OCH3 is 1. The van der Waals surface area contributed by atoms with Gasteiger partial charge in [0.2, 0.25) is 0 Å². The van der Waals surface area contributed by atoms with Gasteiger partial charge in [-0.2, -0.15) is 0 Å². The fraction of sp³-hybridized carbons (Fsp3) is 0.846. The third-order valence-electron chi connectivity index (χ3n) is 3.90. The number of nitrogens with two attached hydrogens (primary N) is 1. The number of ether oxygens (including phenoxy) is 1. The standard InChI is InChI=1S/C13H25N3O3/c1-13(2,19-3)12(17)15-10(11(14)16-18)9-7-5-4-6-8-9/h9-10,18H,4-8H2,1-3H3,(H2,14,16)(H,15,17). The lowest BCUT2D eigenvalue weighted by Crippen LogP contribution is -2.55. The number of amides is 1. The predicted molar refractivity (Wildman–Crippen MR) is 73.0 cm³/mol. The van der Waals surface area contributed by atoms with Gasteiger partial charge in [-0.15, -0.1) is 0 Å². The van der Waals surface area contributed by atoms with Crippen molar-refractivity contribution in [3.05, 3.63) is 0 Å². The van der Waals surface area contributed by atoms with Gasteiger partial charge in [-0.05, 0) is 32.6 Å². The van der Waals surface area contributed by atoms with Crippen LogP contribution in [0.25, 0.3) is 0 Å². The van der Waals surface area contributed by atoms with Gasteiger partial charge in [0.1, 0.15) is 5.60 Å². The van der Waals surface area contributed by atoms with Gasteiger partial charge < -0.3 is 21.0 Å². The summed E-state index contributed by atoms with van der Waals surface area (Å²) < 4.78 is 5.15. The van der Waals surface area contributed by atoms with E-state index in [1.165, 1.54) is 13.5 Å². The summed E-state index contributed by atoms with van der Waals surface area (Å²) in [6.45, 7) is 3.37. The van der Waals surface area contributed by atoms with E-state index in [-0.39, 0.29) is 17.7 Å². The fourth-order valence-electron chi connectivity index (χ4n) is 2.37. The Labute approximate surface area is 114 Å². The first-order chi connectivity index (χ1) is 8.92. The van der Waals surface area contributed by atoms with Crippen molar-refractivity contribution in [1.29, 1.82) is 0 Å².